The SMILES string of the molecule is Cc1ccnc2nc(-c3[c-]cccc3)n(-c3ccccc3)c12.[Ir].[c-]1ccccc1-c1ccccn1. The average Bonchev–Trinajstić information content (AvgIpc) is 3.32. The minimum absolute atomic E-state index is 0. The summed E-state index contributed by atoms with van der Waals surface area (Å²) in [5.41, 5.74) is 7.01. The van der Waals surface area contributed by atoms with Gasteiger partial charge in [0.05, 0.1) is 11.3 Å². The first-order chi connectivity index (χ1) is 16.8. The van der Waals surface area contributed by atoms with Crippen molar-refractivity contribution in [3.05, 3.63) is 133 Å². The van der Waals surface area contributed by atoms with Crippen LogP contribution in [0.1, 0.15) is 5.56 Å². The van der Waals surface area contributed by atoms with Crippen LogP contribution in [0.25, 0.3) is 39.5 Å². The van der Waals surface area contributed by atoms with Crippen molar-refractivity contribution in [3.63, 3.8) is 0 Å². The molecular weight excluding hydrogens is 609 g/mol. The van der Waals surface area contributed by atoms with E-state index in [4.69, 9.17) is 4.98 Å². The number of nitrogens with zero attached hydrogens (tertiary/aromatic N) is 4. The van der Waals surface area contributed by atoms with E-state index in [1.807, 2.05) is 91.0 Å². The maximum Gasteiger partial charge on any atom is 0.168 e. The Kier molecular flexibility index (Phi) is 7.94. The van der Waals surface area contributed by atoms with E-state index >= 15 is 0 Å². The second-order valence-corrected chi connectivity index (χ2v) is 7.67. The number of hydrogen-bond acceptors (Lipinski definition) is 3. The van der Waals surface area contributed by atoms with Crippen molar-refractivity contribution in [1.82, 2.24) is 19.5 Å². The van der Waals surface area contributed by atoms with Crippen LogP contribution in [0.5, 0.6) is 0 Å². The Bertz CT molecular complexity index is 1450. The van der Waals surface area contributed by atoms with Gasteiger partial charge < -0.3 is 9.55 Å². The molecule has 6 aromatic rings. The number of imidazole rings is 1. The number of fused-ring (bicyclic) bond motifs is 1. The van der Waals surface area contributed by atoms with E-state index in [9.17, 15) is 0 Å². The molecule has 0 saturated carbocycles. The number of benzene rings is 3. The van der Waals surface area contributed by atoms with Crippen LogP contribution in [-0.4, -0.2) is 19.5 Å². The Balaban J connectivity index is 0.000000189. The molecule has 0 amide bonds. The van der Waals surface area contributed by atoms with Gasteiger partial charge in [-0.3, -0.25) is 4.98 Å². The van der Waals surface area contributed by atoms with Gasteiger partial charge in [-0.05, 0) is 42.4 Å². The van der Waals surface area contributed by atoms with Gasteiger partial charge in [0, 0.05) is 38.2 Å². The normalized spacial score (nSPS) is 10.2. The number of aromatic nitrogens is 4. The van der Waals surface area contributed by atoms with Gasteiger partial charge in [0.2, 0.25) is 0 Å². The van der Waals surface area contributed by atoms with Crippen LogP contribution >= 0.6 is 0 Å². The van der Waals surface area contributed by atoms with Crippen molar-refractivity contribution < 1.29 is 20.1 Å². The van der Waals surface area contributed by atoms with Gasteiger partial charge in [0.25, 0.3) is 0 Å². The first-order valence-corrected chi connectivity index (χ1v) is 11.1. The van der Waals surface area contributed by atoms with Gasteiger partial charge >= 0.3 is 0 Å². The molecule has 3 aromatic heterocycles. The Morgan fingerprint density at radius 3 is 2.00 bits per heavy atom. The molecule has 0 unspecified atom stereocenters. The zero-order chi connectivity index (χ0) is 23.2. The van der Waals surface area contributed by atoms with E-state index in [-0.39, 0.29) is 20.1 Å². The van der Waals surface area contributed by atoms with E-state index in [1.165, 1.54) is 0 Å². The van der Waals surface area contributed by atoms with Crippen LogP contribution in [0, 0.1) is 19.1 Å². The first-order valence-electron chi connectivity index (χ1n) is 11.1. The molecule has 0 aliphatic rings. The van der Waals surface area contributed by atoms with Crippen LogP contribution in [0.2, 0.25) is 0 Å². The molecule has 5 heteroatoms. The zero-order valence-electron chi connectivity index (χ0n) is 19.1. The second-order valence-electron chi connectivity index (χ2n) is 7.67. The summed E-state index contributed by atoms with van der Waals surface area (Å²) in [7, 11) is 0. The van der Waals surface area contributed by atoms with Crippen molar-refractivity contribution in [2.75, 3.05) is 0 Å². The first kappa shape index (κ1) is 24.2. The third-order valence-corrected chi connectivity index (χ3v) is 5.37. The van der Waals surface area contributed by atoms with Crippen LogP contribution < -0.4 is 0 Å². The molecule has 0 N–H and O–H groups in total. The van der Waals surface area contributed by atoms with Gasteiger partial charge in [0.15, 0.2) is 5.65 Å². The third kappa shape index (κ3) is 5.43. The van der Waals surface area contributed by atoms with Gasteiger partial charge in [-0.1, -0.05) is 30.3 Å². The number of hydrogen-bond donors (Lipinski definition) is 0. The average molecular weight is 631 g/mol. The van der Waals surface area contributed by atoms with Crippen LogP contribution in [-0.2, 0) is 20.1 Å². The van der Waals surface area contributed by atoms with Crippen molar-refractivity contribution in [1.29, 1.82) is 0 Å². The number of rotatable bonds is 3. The third-order valence-electron chi connectivity index (χ3n) is 5.37. The molecule has 35 heavy (non-hydrogen) atoms. The summed E-state index contributed by atoms with van der Waals surface area (Å²) in [4.78, 5) is 13.4. The number of aryl methyl sites for hydroxylation is 1. The quantitative estimate of drug-likeness (QED) is 0.204. The minimum Gasteiger partial charge on any atom is -0.332 e. The van der Waals surface area contributed by atoms with Crippen molar-refractivity contribution >= 4 is 11.2 Å². The topological polar surface area (TPSA) is 43.6 Å². The van der Waals surface area contributed by atoms with Gasteiger partial charge in [0.1, 0.15) is 0 Å². The van der Waals surface area contributed by atoms with E-state index in [1.54, 1.807) is 12.4 Å². The molecule has 3 aromatic carbocycles. The van der Waals surface area contributed by atoms with Crippen LogP contribution in [0.3, 0.4) is 0 Å². The summed E-state index contributed by atoms with van der Waals surface area (Å²) in [6, 6.07) is 40.2. The van der Waals surface area contributed by atoms with E-state index < -0.39 is 0 Å². The summed E-state index contributed by atoms with van der Waals surface area (Å²) in [6.07, 6.45) is 3.59. The van der Waals surface area contributed by atoms with Crippen molar-refractivity contribution in [2.24, 2.45) is 0 Å². The molecule has 1 radical (unpaired) electrons. The molecule has 0 aliphatic carbocycles. The molecule has 3 heterocycles. The minimum atomic E-state index is 0. The molecule has 173 valence electrons. The van der Waals surface area contributed by atoms with Crippen LogP contribution in [0.15, 0.2) is 116 Å². The number of pyridine rings is 2. The molecule has 0 fully saturated rings. The summed E-state index contributed by atoms with van der Waals surface area (Å²) in [6.45, 7) is 2.09. The second kappa shape index (κ2) is 11.5. The van der Waals surface area contributed by atoms with Gasteiger partial charge in [-0.25, -0.2) is 4.98 Å². The summed E-state index contributed by atoms with van der Waals surface area (Å²) < 4.78 is 2.16. The van der Waals surface area contributed by atoms with E-state index in [0.717, 1.165) is 45.1 Å². The smallest absolute Gasteiger partial charge is 0.168 e. The van der Waals surface area contributed by atoms with Gasteiger partial charge in [-0.15, -0.1) is 71.8 Å². The fourth-order valence-electron chi connectivity index (χ4n) is 3.77. The fourth-order valence-corrected chi connectivity index (χ4v) is 3.77. The molecule has 4 nitrogen and oxygen atoms in total. The monoisotopic (exact) mass is 631 g/mol. The van der Waals surface area contributed by atoms with E-state index in [0.29, 0.717) is 0 Å². The largest absolute Gasteiger partial charge is 0.332 e. The summed E-state index contributed by atoms with van der Waals surface area (Å²) in [5, 5.41) is 0. The Morgan fingerprint density at radius 2 is 1.34 bits per heavy atom. The maximum atomic E-state index is 4.74. The maximum absolute atomic E-state index is 4.74. The molecule has 6 rings (SSSR count). The predicted molar refractivity (Wildman–Crippen MR) is 136 cm³/mol. The van der Waals surface area contributed by atoms with Crippen LogP contribution in [0.4, 0.5) is 0 Å². The van der Waals surface area contributed by atoms with E-state index in [2.05, 4.69) is 45.7 Å². The Labute approximate surface area is 218 Å². The molecule has 0 atom stereocenters. The fraction of sp³-hybridized carbons (Fsp3) is 0.0333. The molecule has 0 spiro atoms. The Morgan fingerprint density at radius 1 is 0.657 bits per heavy atom. The van der Waals surface area contributed by atoms with Crippen molar-refractivity contribution in [3.8, 4) is 28.3 Å². The predicted octanol–water partition coefficient (Wildman–Crippen LogP) is 6.74. The van der Waals surface area contributed by atoms with Gasteiger partial charge in [-0.2, -0.15) is 0 Å². The molecule has 0 bridgehead atoms. The molecule has 0 aliphatic heterocycles. The summed E-state index contributed by atoms with van der Waals surface area (Å²) in [5.74, 6) is 0.864. The summed E-state index contributed by atoms with van der Waals surface area (Å²) >= 11 is 0. The molecule has 0 saturated heterocycles. The van der Waals surface area contributed by atoms with Crippen molar-refractivity contribution in [2.45, 2.75) is 6.92 Å². The zero-order valence-corrected chi connectivity index (χ0v) is 21.5. The standard InChI is InChI=1S/C19H14N3.C11H8N.Ir/c1-14-12-13-20-18-17(14)22(16-10-6-3-7-11-16)19(21-18)15-8-4-2-5-9-15;1-2-6-10(7-3-1)11-8-4-5-9-12-11;/h2-8,10-13H,1H3;1-6,8-9H;/q2*-1;. The number of para-hydroxylation sites is 1. The molecular formula is C30H22IrN4-2. The Hall–Kier alpha value is -3.92.